The summed E-state index contributed by atoms with van der Waals surface area (Å²) in [6.07, 6.45) is 2.48. The Labute approximate surface area is 134 Å². The second-order valence-corrected chi connectivity index (χ2v) is 9.72. The van der Waals surface area contributed by atoms with Gasteiger partial charge in [0.1, 0.15) is 0 Å². The Bertz CT molecular complexity index is 559. The first-order valence-electron chi connectivity index (χ1n) is 7.28. The molecule has 1 aliphatic carbocycles. The van der Waals surface area contributed by atoms with Crippen molar-refractivity contribution in [1.29, 1.82) is 0 Å². The molecule has 0 spiro atoms. The molecule has 8 heteroatoms. The molecule has 0 bridgehead atoms. The quantitative estimate of drug-likeness (QED) is 0.645. The molecule has 0 amide bonds. The van der Waals surface area contributed by atoms with E-state index in [2.05, 4.69) is 22.6 Å². The van der Waals surface area contributed by atoms with Crippen LogP contribution in [0.15, 0.2) is 24.3 Å². The van der Waals surface area contributed by atoms with E-state index < -0.39 is 20.0 Å². The molecule has 0 aromatic rings. The monoisotopic (exact) mass is 350 g/mol. The lowest BCUT2D eigenvalue weighted by Crippen LogP contribution is -2.44. The van der Waals surface area contributed by atoms with E-state index in [0.717, 1.165) is 0 Å². The van der Waals surface area contributed by atoms with E-state index in [4.69, 9.17) is 0 Å². The number of hydrogen-bond donors (Lipinski definition) is 2. The van der Waals surface area contributed by atoms with Crippen LogP contribution in [0, 0.1) is 0 Å². The molecule has 0 aromatic heterocycles. The van der Waals surface area contributed by atoms with Gasteiger partial charge in [-0.3, -0.25) is 0 Å². The average molecular weight is 351 g/mol. The average Bonchev–Trinajstić information content (AvgIpc) is 2.27. The summed E-state index contributed by atoms with van der Waals surface area (Å²) in [6.45, 7) is 10.6. The van der Waals surface area contributed by atoms with Gasteiger partial charge in [0.2, 0.25) is 20.0 Å². The molecule has 0 aromatic carbocycles. The molecular formula is C14H26N2O4S2. The lowest BCUT2D eigenvalue weighted by Gasteiger charge is -2.29. The van der Waals surface area contributed by atoms with Gasteiger partial charge in [-0.1, -0.05) is 24.3 Å². The van der Waals surface area contributed by atoms with Gasteiger partial charge in [0.05, 0.1) is 11.5 Å². The predicted molar refractivity (Wildman–Crippen MR) is 89.5 cm³/mol. The van der Waals surface area contributed by atoms with Gasteiger partial charge < -0.3 is 0 Å². The fraction of sp³-hybridized carbons (Fsp3) is 0.714. The van der Waals surface area contributed by atoms with Crippen LogP contribution < -0.4 is 9.44 Å². The van der Waals surface area contributed by atoms with Crippen LogP contribution in [0.4, 0.5) is 0 Å². The third-order valence-corrected chi connectivity index (χ3v) is 6.42. The van der Waals surface area contributed by atoms with E-state index in [9.17, 15) is 16.8 Å². The summed E-state index contributed by atoms with van der Waals surface area (Å²) in [7, 11) is -6.70. The first kappa shape index (κ1) is 19.3. The fourth-order valence-electron chi connectivity index (χ4n) is 2.57. The van der Waals surface area contributed by atoms with Crippen molar-refractivity contribution < 1.29 is 16.8 Å². The number of sulfonamides is 2. The highest BCUT2D eigenvalue weighted by atomic mass is 32.2. The highest BCUT2D eigenvalue weighted by Crippen LogP contribution is 2.20. The largest absolute Gasteiger partial charge is 0.215 e. The molecule has 0 unspecified atom stereocenters. The van der Waals surface area contributed by atoms with Gasteiger partial charge >= 0.3 is 0 Å². The van der Waals surface area contributed by atoms with E-state index in [1.165, 1.54) is 0 Å². The Morgan fingerprint density at radius 3 is 1.32 bits per heavy atom. The van der Waals surface area contributed by atoms with E-state index in [0.29, 0.717) is 36.8 Å². The molecule has 22 heavy (non-hydrogen) atoms. The molecule has 1 aliphatic rings. The molecule has 0 radical (unpaired) electrons. The predicted octanol–water partition coefficient (Wildman–Crippen LogP) is 1.29. The Hall–Kier alpha value is -0.700. The van der Waals surface area contributed by atoms with Crippen LogP contribution >= 0.6 is 0 Å². The summed E-state index contributed by atoms with van der Waals surface area (Å²) in [6, 6.07) is -0.266. The van der Waals surface area contributed by atoms with Crippen molar-refractivity contribution in [1.82, 2.24) is 9.44 Å². The minimum atomic E-state index is -3.35. The smallest absolute Gasteiger partial charge is 0.212 e. The lowest BCUT2D eigenvalue weighted by atomic mass is 9.92. The SMILES string of the molecule is C=C(C)CS(=O)(=O)NC1CCC(NS(=O)(=O)CC(=C)C)CC1. The third kappa shape index (κ3) is 7.53. The highest BCUT2D eigenvalue weighted by Gasteiger charge is 2.27. The van der Waals surface area contributed by atoms with Crippen molar-refractivity contribution in [2.24, 2.45) is 0 Å². The van der Waals surface area contributed by atoms with Crippen molar-refractivity contribution in [3.8, 4) is 0 Å². The molecule has 2 N–H and O–H groups in total. The zero-order chi connectivity index (χ0) is 17.0. The molecule has 0 aliphatic heterocycles. The van der Waals surface area contributed by atoms with E-state index in [-0.39, 0.29) is 23.6 Å². The van der Waals surface area contributed by atoms with E-state index in [1.54, 1.807) is 13.8 Å². The molecule has 0 saturated heterocycles. The summed E-state index contributed by atoms with van der Waals surface area (Å²) in [5.41, 5.74) is 1.18. The Morgan fingerprint density at radius 1 is 0.818 bits per heavy atom. The van der Waals surface area contributed by atoms with Crippen LogP contribution in [0.2, 0.25) is 0 Å². The van der Waals surface area contributed by atoms with Gasteiger partial charge in [0.25, 0.3) is 0 Å². The van der Waals surface area contributed by atoms with Gasteiger partial charge in [-0.25, -0.2) is 26.3 Å². The van der Waals surface area contributed by atoms with Gasteiger partial charge in [-0.15, -0.1) is 0 Å². The zero-order valence-corrected chi connectivity index (χ0v) is 14.9. The molecule has 1 fully saturated rings. The van der Waals surface area contributed by atoms with E-state index in [1.807, 2.05) is 0 Å². The highest BCUT2D eigenvalue weighted by molar-refractivity contribution is 7.89. The Morgan fingerprint density at radius 2 is 1.09 bits per heavy atom. The van der Waals surface area contributed by atoms with Crippen LogP contribution in [0.25, 0.3) is 0 Å². The van der Waals surface area contributed by atoms with E-state index >= 15 is 0 Å². The zero-order valence-electron chi connectivity index (χ0n) is 13.3. The summed E-state index contributed by atoms with van der Waals surface area (Å²) in [5, 5.41) is 0. The normalized spacial score (nSPS) is 23.2. The molecule has 0 atom stereocenters. The minimum Gasteiger partial charge on any atom is -0.212 e. The number of rotatable bonds is 8. The summed E-state index contributed by atoms with van der Waals surface area (Å²) in [4.78, 5) is 0. The summed E-state index contributed by atoms with van der Waals surface area (Å²) in [5.74, 6) is -0.143. The van der Waals surface area contributed by atoms with Gasteiger partial charge in [-0.05, 0) is 39.5 Å². The number of hydrogen-bond acceptors (Lipinski definition) is 4. The first-order valence-corrected chi connectivity index (χ1v) is 10.6. The third-order valence-electron chi connectivity index (χ3n) is 3.29. The van der Waals surface area contributed by atoms with Crippen molar-refractivity contribution in [2.45, 2.75) is 51.6 Å². The molecule has 0 heterocycles. The topological polar surface area (TPSA) is 92.3 Å². The van der Waals surface area contributed by atoms with Crippen LogP contribution in [0.3, 0.4) is 0 Å². The van der Waals surface area contributed by atoms with Crippen LogP contribution in [0.1, 0.15) is 39.5 Å². The minimum absolute atomic E-state index is 0.0713. The number of nitrogens with one attached hydrogen (secondary N) is 2. The Balaban J connectivity index is 2.47. The molecule has 1 rings (SSSR count). The summed E-state index contributed by atoms with van der Waals surface area (Å²) < 4.78 is 52.7. The Kier molecular flexibility index (Phi) is 6.79. The van der Waals surface area contributed by atoms with Crippen LogP contribution in [0.5, 0.6) is 0 Å². The van der Waals surface area contributed by atoms with Gasteiger partial charge in [0.15, 0.2) is 0 Å². The second kappa shape index (κ2) is 7.72. The first-order chi connectivity index (χ1) is 9.99. The van der Waals surface area contributed by atoms with Crippen molar-refractivity contribution in [3.63, 3.8) is 0 Å². The lowest BCUT2D eigenvalue weighted by molar-refractivity contribution is 0.356. The maximum absolute atomic E-state index is 11.8. The van der Waals surface area contributed by atoms with Crippen LogP contribution in [-0.2, 0) is 20.0 Å². The summed E-state index contributed by atoms with van der Waals surface area (Å²) >= 11 is 0. The standard InChI is InChI=1S/C14H26N2O4S2/c1-11(2)9-21(17,18)15-13-5-7-14(8-6-13)16-22(19,20)10-12(3)4/h13-16H,1,3,5-10H2,2,4H3. The second-order valence-electron chi connectivity index (χ2n) is 6.22. The maximum Gasteiger partial charge on any atom is 0.215 e. The fourth-order valence-corrected chi connectivity index (χ4v) is 5.52. The molecule has 1 saturated carbocycles. The van der Waals surface area contributed by atoms with Crippen LogP contribution in [-0.4, -0.2) is 40.4 Å². The molecule has 6 nitrogen and oxygen atoms in total. The molecular weight excluding hydrogens is 324 g/mol. The van der Waals surface area contributed by atoms with Crippen molar-refractivity contribution >= 4 is 20.0 Å². The van der Waals surface area contributed by atoms with Gasteiger partial charge in [-0.2, -0.15) is 0 Å². The van der Waals surface area contributed by atoms with Crippen molar-refractivity contribution in [2.75, 3.05) is 11.5 Å². The van der Waals surface area contributed by atoms with Crippen molar-refractivity contribution in [3.05, 3.63) is 24.3 Å². The molecule has 128 valence electrons. The maximum atomic E-state index is 11.8. The van der Waals surface area contributed by atoms with Gasteiger partial charge in [0, 0.05) is 12.1 Å².